The third kappa shape index (κ3) is 4.33. The van der Waals surface area contributed by atoms with Crippen LogP contribution in [0.15, 0.2) is 53.4 Å². The van der Waals surface area contributed by atoms with E-state index in [1.54, 1.807) is 48.5 Å². The van der Waals surface area contributed by atoms with Crippen LogP contribution in [-0.2, 0) is 14.8 Å². The lowest BCUT2D eigenvalue weighted by molar-refractivity contribution is -0.139. The van der Waals surface area contributed by atoms with E-state index in [-0.39, 0.29) is 17.4 Å². The molecule has 0 radical (unpaired) electrons. The van der Waals surface area contributed by atoms with Gasteiger partial charge in [-0.2, -0.15) is 0 Å². The molecule has 2 aromatic rings. The average Bonchev–Trinajstić information content (AvgIpc) is 2.65. The van der Waals surface area contributed by atoms with Crippen molar-refractivity contribution in [2.75, 3.05) is 19.8 Å². The van der Waals surface area contributed by atoms with E-state index in [1.807, 2.05) is 0 Å². The summed E-state index contributed by atoms with van der Waals surface area (Å²) in [4.78, 5) is 10.8. The molecule has 138 valence electrons. The zero-order valence-corrected chi connectivity index (χ0v) is 14.7. The summed E-state index contributed by atoms with van der Waals surface area (Å²) in [6.45, 7) is 0.273. The predicted molar refractivity (Wildman–Crippen MR) is 94.1 cm³/mol. The molecule has 3 rings (SSSR count). The highest BCUT2D eigenvalue weighted by Crippen LogP contribution is 2.36. The highest BCUT2D eigenvalue weighted by molar-refractivity contribution is 7.89. The van der Waals surface area contributed by atoms with Crippen molar-refractivity contribution in [2.24, 2.45) is 0 Å². The van der Waals surface area contributed by atoms with Crippen molar-refractivity contribution in [3.05, 3.63) is 54.1 Å². The van der Waals surface area contributed by atoms with Crippen LogP contribution in [0.5, 0.6) is 11.5 Å². The quantitative estimate of drug-likeness (QED) is 0.765. The minimum absolute atomic E-state index is 0.0363. The number of carboxylic acid groups (broad SMARTS) is 1. The second kappa shape index (κ2) is 7.76. The van der Waals surface area contributed by atoms with Crippen molar-refractivity contribution in [1.29, 1.82) is 0 Å². The molecule has 0 spiro atoms. The highest BCUT2D eigenvalue weighted by atomic mass is 32.2. The lowest BCUT2D eigenvalue weighted by Crippen LogP contribution is -2.30. The standard InChI is InChI=1S/C18H19NO6S/c20-18(21)12-25-14-6-7-16-13(8-9-24-17(16)10-14)11-19-26(22,23)15-4-2-1-3-5-15/h1-7,10,13,19H,8-9,11-12H2,(H,20,21). The van der Waals surface area contributed by atoms with Crippen LogP contribution in [0.2, 0.25) is 0 Å². The molecular formula is C18H19NO6S. The Morgan fingerprint density at radius 1 is 1.23 bits per heavy atom. The summed E-state index contributed by atoms with van der Waals surface area (Å²) in [5.41, 5.74) is 0.870. The van der Waals surface area contributed by atoms with E-state index in [2.05, 4.69) is 4.72 Å². The van der Waals surface area contributed by atoms with Crippen LogP contribution in [-0.4, -0.2) is 39.3 Å². The van der Waals surface area contributed by atoms with Crippen LogP contribution < -0.4 is 14.2 Å². The molecule has 1 aliphatic rings. The number of carbonyl (C=O) groups is 1. The number of hydrogen-bond acceptors (Lipinski definition) is 5. The van der Waals surface area contributed by atoms with E-state index in [0.29, 0.717) is 24.5 Å². The van der Waals surface area contributed by atoms with Crippen LogP contribution >= 0.6 is 0 Å². The molecule has 0 fully saturated rings. The molecule has 8 heteroatoms. The Hall–Kier alpha value is -2.58. The van der Waals surface area contributed by atoms with Crippen molar-refractivity contribution < 1.29 is 27.8 Å². The zero-order chi connectivity index (χ0) is 18.6. The maximum atomic E-state index is 12.4. The summed E-state index contributed by atoms with van der Waals surface area (Å²) in [6, 6.07) is 13.3. The molecule has 1 heterocycles. The fourth-order valence-corrected chi connectivity index (χ4v) is 3.89. The minimum atomic E-state index is -3.57. The third-order valence-corrected chi connectivity index (χ3v) is 5.52. The fraction of sp³-hybridized carbons (Fsp3) is 0.278. The summed E-state index contributed by atoms with van der Waals surface area (Å²) in [7, 11) is -3.57. The number of ether oxygens (including phenoxy) is 2. The van der Waals surface area contributed by atoms with Crippen LogP contribution in [0.25, 0.3) is 0 Å². The van der Waals surface area contributed by atoms with Crippen LogP contribution in [0, 0.1) is 0 Å². The van der Waals surface area contributed by atoms with Gasteiger partial charge in [-0.25, -0.2) is 17.9 Å². The van der Waals surface area contributed by atoms with Gasteiger partial charge >= 0.3 is 5.97 Å². The van der Waals surface area contributed by atoms with Gasteiger partial charge in [0.25, 0.3) is 0 Å². The summed E-state index contributed by atoms with van der Waals surface area (Å²) in [5, 5.41) is 8.67. The first kappa shape index (κ1) is 18.2. The van der Waals surface area contributed by atoms with Crippen molar-refractivity contribution in [3.8, 4) is 11.5 Å². The molecule has 0 aliphatic carbocycles. The van der Waals surface area contributed by atoms with Gasteiger partial charge in [0.15, 0.2) is 6.61 Å². The van der Waals surface area contributed by atoms with Crippen LogP contribution in [0.4, 0.5) is 0 Å². The number of sulfonamides is 1. The Morgan fingerprint density at radius 2 is 2.00 bits per heavy atom. The summed E-state index contributed by atoms with van der Waals surface area (Å²) < 4.78 is 38.2. The summed E-state index contributed by atoms with van der Waals surface area (Å²) in [6.07, 6.45) is 0.680. The molecule has 1 aliphatic heterocycles. The van der Waals surface area contributed by atoms with Crippen molar-refractivity contribution >= 4 is 16.0 Å². The number of rotatable bonds is 7. The fourth-order valence-electron chi connectivity index (χ4n) is 2.78. The number of fused-ring (bicyclic) bond motifs is 1. The molecule has 0 bridgehead atoms. The van der Waals surface area contributed by atoms with E-state index < -0.39 is 22.6 Å². The minimum Gasteiger partial charge on any atom is -0.493 e. The van der Waals surface area contributed by atoms with Gasteiger partial charge in [-0.3, -0.25) is 0 Å². The van der Waals surface area contributed by atoms with Gasteiger partial charge in [0.2, 0.25) is 10.0 Å². The molecule has 2 aromatic carbocycles. The smallest absolute Gasteiger partial charge is 0.341 e. The summed E-state index contributed by atoms with van der Waals surface area (Å²) in [5.74, 6) is -0.109. The lowest BCUT2D eigenvalue weighted by atomic mass is 9.93. The molecule has 0 amide bonds. The van der Waals surface area contributed by atoms with E-state index in [1.165, 1.54) is 0 Å². The number of hydrogen-bond donors (Lipinski definition) is 2. The van der Waals surface area contributed by atoms with E-state index in [4.69, 9.17) is 14.6 Å². The first-order chi connectivity index (χ1) is 12.5. The van der Waals surface area contributed by atoms with Crippen molar-refractivity contribution in [2.45, 2.75) is 17.2 Å². The second-order valence-corrected chi connectivity index (χ2v) is 7.65. The average molecular weight is 377 g/mol. The normalized spacial score (nSPS) is 16.4. The molecule has 0 aromatic heterocycles. The van der Waals surface area contributed by atoms with Gasteiger partial charge in [0.05, 0.1) is 11.5 Å². The largest absolute Gasteiger partial charge is 0.493 e. The van der Waals surface area contributed by atoms with Crippen molar-refractivity contribution in [1.82, 2.24) is 4.72 Å². The molecule has 1 atom stereocenters. The van der Waals surface area contributed by atoms with Crippen molar-refractivity contribution in [3.63, 3.8) is 0 Å². The van der Waals surface area contributed by atoms with Gasteiger partial charge in [-0.1, -0.05) is 24.3 Å². The van der Waals surface area contributed by atoms with Crippen LogP contribution in [0.3, 0.4) is 0 Å². The monoisotopic (exact) mass is 377 g/mol. The summed E-state index contributed by atoms with van der Waals surface area (Å²) >= 11 is 0. The lowest BCUT2D eigenvalue weighted by Gasteiger charge is -2.26. The third-order valence-electron chi connectivity index (χ3n) is 4.08. The Labute approximate surface area is 151 Å². The first-order valence-electron chi connectivity index (χ1n) is 8.12. The topological polar surface area (TPSA) is 102 Å². The SMILES string of the molecule is O=C(O)COc1ccc2c(c1)OCCC2CNS(=O)(=O)c1ccccc1. The Bertz CT molecular complexity index is 882. The second-order valence-electron chi connectivity index (χ2n) is 5.88. The molecule has 2 N–H and O–H groups in total. The molecule has 26 heavy (non-hydrogen) atoms. The van der Waals surface area contributed by atoms with E-state index in [0.717, 1.165) is 5.56 Å². The molecular weight excluding hydrogens is 358 g/mol. The number of aliphatic carboxylic acids is 1. The van der Waals surface area contributed by atoms with Gasteiger partial charge in [-0.15, -0.1) is 0 Å². The number of carboxylic acids is 1. The van der Waals surface area contributed by atoms with Crippen LogP contribution in [0.1, 0.15) is 17.9 Å². The maximum Gasteiger partial charge on any atom is 0.341 e. The Morgan fingerprint density at radius 3 is 2.73 bits per heavy atom. The van der Waals surface area contributed by atoms with Gasteiger partial charge in [0, 0.05) is 18.5 Å². The predicted octanol–water partition coefficient (Wildman–Crippen LogP) is 1.99. The van der Waals surface area contributed by atoms with E-state index in [9.17, 15) is 13.2 Å². The molecule has 1 unspecified atom stereocenters. The first-order valence-corrected chi connectivity index (χ1v) is 9.60. The van der Waals surface area contributed by atoms with E-state index >= 15 is 0 Å². The van der Waals surface area contributed by atoms with Gasteiger partial charge in [0.1, 0.15) is 11.5 Å². The molecule has 7 nitrogen and oxygen atoms in total. The highest BCUT2D eigenvalue weighted by Gasteiger charge is 2.24. The molecule has 0 saturated heterocycles. The zero-order valence-electron chi connectivity index (χ0n) is 13.9. The van der Waals surface area contributed by atoms with Gasteiger partial charge in [-0.05, 0) is 30.2 Å². The maximum absolute atomic E-state index is 12.4. The van der Waals surface area contributed by atoms with Gasteiger partial charge < -0.3 is 14.6 Å². The molecule has 0 saturated carbocycles. The number of benzene rings is 2. The Balaban J connectivity index is 1.70. The number of nitrogens with one attached hydrogen (secondary N) is 1. The Kier molecular flexibility index (Phi) is 5.43.